The van der Waals surface area contributed by atoms with Gasteiger partial charge in [-0.05, 0) is 61.0 Å². The molecule has 4 unspecified atom stereocenters. The van der Waals surface area contributed by atoms with Gasteiger partial charge in [-0.3, -0.25) is 19.3 Å². The highest BCUT2D eigenvalue weighted by atomic mass is 127. The van der Waals surface area contributed by atoms with Gasteiger partial charge in [0.25, 0.3) is 5.91 Å². The predicted molar refractivity (Wildman–Crippen MR) is 126 cm³/mol. The van der Waals surface area contributed by atoms with E-state index in [1.54, 1.807) is 22.6 Å². The second-order valence-corrected chi connectivity index (χ2v) is 10.2. The van der Waals surface area contributed by atoms with Gasteiger partial charge in [-0.25, -0.2) is 0 Å². The van der Waals surface area contributed by atoms with E-state index in [4.69, 9.17) is 23.1 Å². The monoisotopic (exact) mass is 589 g/mol. The molecule has 0 aliphatic heterocycles. The van der Waals surface area contributed by atoms with E-state index in [2.05, 4.69) is 0 Å². The first kappa shape index (κ1) is 23.8. The molecule has 4 rings (SSSR count). The minimum Gasteiger partial charge on any atom is -0.508 e. The lowest BCUT2D eigenvalue weighted by molar-refractivity contribution is -0.153. The van der Waals surface area contributed by atoms with Crippen LogP contribution in [0.3, 0.4) is 0 Å². The molecule has 3 aliphatic carbocycles. The highest BCUT2D eigenvalue weighted by molar-refractivity contribution is 14.1. The Labute approximate surface area is 206 Å². The van der Waals surface area contributed by atoms with Gasteiger partial charge in [0, 0.05) is 11.5 Å². The Morgan fingerprint density at radius 2 is 1.85 bits per heavy atom. The molecule has 0 radical (unpaired) electrons. The van der Waals surface area contributed by atoms with Crippen molar-refractivity contribution in [3.8, 4) is 5.75 Å². The molecule has 1 aromatic rings. The summed E-state index contributed by atoms with van der Waals surface area (Å²) in [7, 11) is 3.07. The first-order valence-corrected chi connectivity index (χ1v) is 11.3. The predicted octanol–water partition coefficient (Wildman–Crippen LogP) is 0.804. The van der Waals surface area contributed by atoms with Gasteiger partial charge in [-0.2, -0.15) is 0 Å². The SMILES string of the molecule is CN(C)C1C(=O)C(C(N)=O)=C(O)C2(O)C(=O)C3=C(O)c4c(O)c(I)c(Cl)c(N)c4CC3CC12. The van der Waals surface area contributed by atoms with E-state index in [9.17, 15) is 34.8 Å². The molecule has 8 N–H and O–H groups in total. The summed E-state index contributed by atoms with van der Waals surface area (Å²) in [5.41, 5.74) is 8.04. The molecule has 1 saturated carbocycles. The lowest BCUT2D eigenvalue weighted by atomic mass is 9.57. The number of halogens is 2. The summed E-state index contributed by atoms with van der Waals surface area (Å²) in [5, 5.41) is 44.1. The molecule has 176 valence electrons. The van der Waals surface area contributed by atoms with Crippen molar-refractivity contribution in [3.63, 3.8) is 0 Å². The normalized spacial score (nSPS) is 29.2. The Balaban J connectivity index is 2.02. The van der Waals surface area contributed by atoms with Gasteiger partial charge in [0.05, 0.1) is 25.9 Å². The van der Waals surface area contributed by atoms with Crippen molar-refractivity contribution >= 4 is 63.1 Å². The van der Waals surface area contributed by atoms with Gasteiger partial charge in [-0.15, -0.1) is 0 Å². The fourth-order valence-electron chi connectivity index (χ4n) is 5.34. The number of amides is 1. The Bertz CT molecular complexity index is 1220. The Hall–Kier alpha value is -2.35. The number of nitrogen functional groups attached to an aromatic ring is 1. The van der Waals surface area contributed by atoms with Crippen LogP contribution in [0.15, 0.2) is 16.9 Å². The minimum atomic E-state index is -2.68. The van der Waals surface area contributed by atoms with E-state index in [1.165, 1.54) is 19.0 Å². The number of aliphatic hydroxyl groups excluding tert-OH is 2. The van der Waals surface area contributed by atoms with Crippen molar-refractivity contribution in [3.05, 3.63) is 36.6 Å². The molecule has 1 fully saturated rings. The van der Waals surface area contributed by atoms with Crippen LogP contribution in [0.2, 0.25) is 5.02 Å². The first-order chi connectivity index (χ1) is 15.3. The first-order valence-electron chi connectivity index (χ1n) is 9.89. The Morgan fingerprint density at radius 1 is 1.24 bits per heavy atom. The van der Waals surface area contributed by atoms with Crippen LogP contribution in [0.25, 0.3) is 5.76 Å². The number of phenolic OH excluding ortho intramolecular Hbond substituents is 1. The van der Waals surface area contributed by atoms with Crippen LogP contribution >= 0.6 is 34.2 Å². The zero-order valence-electron chi connectivity index (χ0n) is 17.5. The number of hydrogen-bond donors (Lipinski definition) is 6. The highest BCUT2D eigenvalue weighted by Crippen LogP contribution is 2.54. The number of carbonyl (C=O) groups excluding carboxylic acids is 3. The van der Waals surface area contributed by atoms with Crippen LogP contribution in [0, 0.1) is 15.4 Å². The van der Waals surface area contributed by atoms with Gasteiger partial charge in [0.15, 0.2) is 11.4 Å². The molecule has 3 aliphatic rings. The fourth-order valence-corrected chi connectivity index (χ4v) is 6.11. The van der Waals surface area contributed by atoms with Gasteiger partial charge >= 0.3 is 0 Å². The number of primary amides is 1. The summed E-state index contributed by atoms with van der Waals surface area (Å²) in [6.45, 7) is 0. The van der Waals surface area contributed by atoms with Gasteiger partial charge in [0.2, 0.25) is 5.78 Å². The van der Waals surface area contributed by atoms with E-state index in [1.807, 2.05) is 0 Å². The Kier molecular flexibility index (Phi) is 5.47. The van der Waals surface area contributed by atoms with Crippen molar-refractivity contribution in [2.45, 2.75) is 24.5 Å². The lowest BCUT2D eigenvalue weighted by Gasteiger charge is -2.50. The van der Waals surface area contributed by atoms with Gasteiger partial charge in [-0.1, -0.05) is 11.6 Å². The van der Waals surface area contributed by atoms with E-state index in [0.717, 1.165) is 0 Å². The highest BCUT2D eigenvalue weighted by Gasteiger charge is 2.64. The molecule has 1 aromatic carbocycles. The second kappa shape index (κ2) is 7.58. The second-order valence-electron chi connectivity index (χ2n) is 8.71. The number of anilines is 1. The molecule has 12 heteroatoms. The molecule has 33 heavy (non-hydrogen) atoms. The van der Waals surface area contributed by atoms with Crippen LogP contribution < -0.4 is 11.5 Å². The molecule has 10 nitrogen and oxygen atoms in total. The summed E-state index contributed by atoms with van der Waals surface area (Å²) >= 11 is 7.97. The van der Waals surface area contributed by atoms with Crippen LogP contribution in [0.5, 0.6) is 5.75 Å². The lowest BCUT2D eigenvalue weighted by Crippen LogP contribution is -2.65. The molecule has 0 bridgehead atoms. The maximum atomic E-state index is 13.7. The number of aliphatic hydroxyl groups is 3. The van der Waals surface area contributed by atoms with Crippen molar-refractivity contribution in [1.82, 2.24) is 4.90 Å². The standard InChI is InChI=1S/C21H21ClIN3O7/c1-26(2)14-7-4-5-3-6-9(16(28)12(23)11(22)13(6)24)15(27)8(5)18(30)21(7,33)19(31)10(17(14)29)20(25)32/h5,7,14,27-28,31,33H,3-4,24H2,1-2H3,(H2,25,32). The topological polar surface area (TPSA) is 187 Å². The maximum Gasteiger partial charge on any atom is 0.255 e. The number of ketones is 2. The van der Waals surface area contributed by atoms with Gasteiger partial charge < -0.3 is 31.9 Å². The number of fused-ring (bicyclic) bond motifs is 3. The number of benzene rings is 1. The molecule has 4 atom stereocenters. The van der Waals surface area contributed by atoms with Crippen LogP contribution in [0.4, 0.5) is 5.69 Å². The summed E-state index contributed by atoms with van der Waals surface area (Å²) in [5.74, 6) is -7.14. The average Bonchev–Trinajstić information content (AvgIpc) is 2.72. The molecule has 1 amide bonds. The van der Waals surface area contributed by atoms with Crippen molar-refractivity contribution < 1.29 is 34.8 Å². The van der Waals surface area contributed by atoms with E-state index in [-0.39, 0.29) is 44.0 Å². The minimum absolute atomic E-state index is 0.0183. The molecule has 0 aromatic heterocycles. The van der Waals surface area contributed by atoms with Crippen molar-refractivity contribution in [1.29, 1.82) is 0 Å². The van der Waals surface area contributed by atoms with Crippen LogP contribution in [-0.2, 0) is 20.8 Å². The molecular formula is C21H21ClIN3O7. The number of carbonyl (C=O) groups is 3. The molecule has 0 heterocycles. The number of likely N-dealkylation sites (N-methyl/N-ethyl adjacent to an activating group) is 1. The van der Waals surface area contributed by atoms with Crippen LogP contribution in [0.1, 0.15) is 17.5 Å². The number of rotatable bonds is 2. The van der Waals surface area contributed by atoms with Crippen molar-refractivity contribution in [2.24, 2.45) is 17.6 Å². The smallest absolute Gasteiger partial charge is 0.255 e. The molecular weight excluding hydrogens is 569 g/mol. The zero-order chi connectivity index (χ0) is 24.7. The number of nitrogens with two attached hydrogens (primary N) is 2. The maximum absolute atomic E-state index is 13.7. The summed E-state index contributed by atoms with van der Waals surface area (Å²) < 4.78 is 0.172. The summed E-state index contributed by atoms with van der Waals surface area (Å²) in [6, 6.07) is -1.14. The van der Waals surface area contributed by atoms with E-state index < -0.39 is 58.0 Å². The quantitative estimate of drug-likeness (QED) is 0.126. The van der Waals surface area contributed by atoms with E-state index in [0.29, 0.717) is 5.56 Å². The van der Waals surface area contributed by atoms with E-state index >= 15 is 0 Å². The average molecular weight is 590 g/mol. The number of nitrogens with zero attached hydrogens (tertiary/aromatic N) is 1. The fraction of sp³-hybridized carbons (Fsp3) is 0.381. The Morgan fingerprint density at radius 3 is 2.39 bits per heavy atom. The number of hydrogen-bond acceptors (Lipinski definition) is 9. The summed E-state index contributed by atoms with van der Waals surface area (Å²) in [6.07, 6.45) is 0.0696. The zero-order valence-corrected chi connectivity index (χ0v) is 20.4. The third-order valence-electron chi connectivity index (χ3n) is 6.81. The molecule has 0 spiro atoms. The van der Waals surface area contributed by atoms with Crippen molar-refractivity contribution in [2.75, 3.05) is 19.8 Å². The third-order valence-corrected chi connectivity index (χ3v) is 8.58. The number of aromatic hydroxyl groups is 1. The largest absolute Gasteiger partial charge is 0.508 e. The number of Topliss-reactive ketones (excluding diaryl/α,β-unsaturated/α-hetero) is 2. The summed E-state index contributed by atoms with van der Waals surface area (Å²) in [4.78, 5) is 40.0. The van der Waals surface area contributed by atoms with Crippen LogP contribution in [-0.4, -0.2) is 68.5 Å². The number of phenols is 1. The van der Waals surface area contributed by atoms with Gasteiger partial charge in [0.1, 0.15) is 22.8 Å². The third kappa shape index (κ3) is 2.95. The molecule has 0 saturated heterocycles.